The average Bonchev–Trinajstić information content (AvgIpc) is 3.66. The van der Waals surface area contributed by atoms with Gasteiger partial charge in [0, 0.05) is 51.4 Å². The van der Waals surface area contributed by atoms with Crippen LogP contribution in [0.5, 0.6) is 0 Å². The Bertz CT molecular complexity index is 2170. The molecule has 2 aliphatic heterocycles. The van der Waals surface area contributed by atoms with E-state index in [9.17, 15) is 0 Å². The number of aryl methyl sites for hydroxylation is 2. The molecule has 0 spiro atoms. The minimum absolute atomic E-state index is 0. The van der Waals surface area contributed by atoms with Crippen LogP contribution in [0.2, 0.25) is 8.67 Å². The van der Waals surface area contributed by atoms with Crippen LogP contribution < -0.4 is 10.6 Å². The van der Waals surface area contributed by atoms with E-state index in [0.717, 1.165) is 139 Å². The van der Waals surface area contributed by atoms with Crippen LogP contribution in [0.4, 0.5) is 23.0 Å². The first kappa shape index (κ1) is 43.3. The zero-order valence-electron chi connectivity index (χ0n) is 31.0. The van der Waals surface area contributed by atoms with Crippen molar-refractivity contribution in [3.8, 4) is 0 Å². The van der Waals surface area contributed by atoms with E-state index in [0.29, 0.717) is 12.1 Å². The number of halogens is 4. The third-order valence-corrected chi connectivity index (χ3v) is 13.2. The predicted octanol–water partition coefficient (Wildman–Crippen LogP) is 11.4. The van der Waals surface area contributed by atoms with E-state index in [-0.39, 0.29) is 24.8 Å². The quantitative estimate of drug-likeness (QED) is 0.146. The molecule has 0 bridgehead atoms. The fourth-order valence-electron chi connectivity index (χ4n) is 7.15. The highest BCUT2D eigenvalue weighted by molar-refractivity contribution is 7.23. The van der Waals surface area contributed by atoms with Gasteiger partial charge < -0.3 is 20.4 Å². The number of fused-ring (bicyclic) bond motifs is 2. The monoisotopic (exact) mass is 866 g/mol. The Balaban J connectivity index is 0.000000207. The van der Waals surface area contributed by atoms with Crippen molar-refractivity contribution < 1.29 is 0 Å². The van der Waals surface area contributed by atoms with Gasteiger partial charge in [0.05, 0.1) is 32.6 Å². The molecule has 10 nitrogen and oxygen atoms in total. The largest absolute Gasteiger partial charge is 0.367 e. The summed E-state index contributed by atoms with van der Waals surface area (Å²) in [6, 6.07) is 16.5. The van der Waals surface area contributed by atoms with Gasteiger partial charge in [0.15, 0.2) is 11.4 Å². The molecule has 0 radical (unpaired) electrons. The molecule has 0 saturated carbocycles. The molecule has 0 aliphatic carbocycles. The molecule has 2 saturated heterocycles. The maximum atomic E-state index is 7.32. The number of nitrogens with zero attached hydrogens (tertiary/aromatic N) is 8. The third-order valence-electron chi connectivity index (χ3n) is 10.2. The van der Waals surface area contributed by atoms with Crippen LogP contribution in [0.3, 0.4) is 0 Å². The van der Waals surface area contributed by atoms with E-state index in [1.165, 1.54) is 22.7 Å². The summed E-state index contributed by atoms with van der Waals surface area (Å²) in [4.78, 5) is 31.6. The first-order chi connectivity index (χ1) is 26.3. The van der Waals surface area contributed by atoms with Crippen molar-refractivity contribution >= 4 is 114 Å². The highest BCUT2D eigenvalue weighted by atomic mass is 35.5. The third kappa shape index (κ3) is 10.00. The molecule has 2 aromatic carbocycles. The second-order valence-electron chi connectivity index (χ2n) is 13.7. The Hall–Kier alpha value is -3.82. The van der Waals surface area contributed by atoms with E-state index >= 15 is 0 Å². The molecule has 0 unspecified atom stereocenters. The Labute approximate surface area is 358 Å². The van der Waals surface area contributed by atoms with Crippen LogP contribution >= 0.6 is 70.7 Å². The molecule has 2 N–H and O–H groups in total. The standard InChI is InChI=1S/2C20H20ClN5S.2ClH/c2*1-13-17-19(23-12-24-20(17)27-18(13)21)25-15-7-9-26(10-8-15)11-14-5-3-4-6-16(14)22-2;;/h2*3-6,12,15H,7-11H2,1H3,(H,23,24,25);2*1H. The molecule has 0 atom stereocenters. The lowest BCUT2D eigenvalue weighted by atomic mass is 10.0. The van der Waals surface area contributed by atoms with Gasteiger partial charge in [-0.3, -0.25) is 0 Å². The minimum atomic E-state index is 0. The first-order valence-electron chi connectivity index (χ1n) is 18.0. The highest BCUT2D eigenvalue weighted by Crippen LogP contribution is 2.38. The molecule has 0 amide bonds. The number of rotatable bonds is 8. The summed E-state index contributed by atoms with van der Waals surface area (Å²) in [7, 11) is 0. The maximum absolute atomic E-state index is 7.32. The van der Waals surface area contributed by atoms with Crippen molar-refractivity contribution in [2.24, 2.45) is 0 Å². The van der Waals surface area contributed by atoms with Crippen molar-refractivity contribution in [1.82, 2.24) is 29.7 Å². The summed E-state index contributed by atoms with van der Waals surface area (Å²) < 4.78 is 1.56. The molecular formula is C40H42Cl4N10S2. The summed E-state index contributed by atoms with van der Waals surface area (Å²) in [6.45, 7) is 24.4. The molecule has 2 aliphatic rings. The van der Waals surface area contributed by atoms with Gasteiger partial charge in [0.2, 0.25) is 0 Å². The Kier molecular flexibility index (Phi) is 15.5. The highest BCUT2D eigenvalue weighted by Gasteiger charge is 2.24. The van der Waals surface area contributed by atoms with Gasteiger partial charge in [-0.2, -0.15) is 0 Å². The number of hydrogen-bond acceptors (Lipinski definition) is 10. The number of thiophene rings is 2. The van der Waals surface area contributed by atoms with Gasteiger partial charge in [0.25, 0.3) is 0 Å². The molecule has 6 heterocycles. The molecule has 16 heteroatoms. The summed E-state index contributed by atoms with van der Waals surface area (Å²) in [5.41, 5.74) is 5.83. The second-order valence-corrected chi connectivity index (χ2v) is 16.9. The SMILES string of the molecule is Cl.Cl.[C-]#[N+]c1ccccc1CN1CCC(Nc2ncnc3sc(Cl)c(C)c23)CC1.[C-]#[N+]c1ccccc1CN1CCC(Nc2ncnc3sc(Cl)c(C)c23)CC1. The number of likely N-dealkylation sites (tertiary alicyclic amines) is 2. The van der Waals surface area contributed by atoms with Gasteiger partial charge in [-0.1, -0.05) is 71.7 Å². The zero-order valence-corrected chi connectivity index (χ0v) is 35.7. The summed E-state index contributed by atoms with van der Waals surface area (Å²) >= 11 is 15.6. The minimum Gasteiger partial charge on any atom is -0.367 e. The van der Waals surface area contributed by atoms with Crippen LogP contribution in [0.1, 0.15) is 47.9 Å². The van der Waals surface area contributed by atoms with Crippen molar-refractivity contribution in [2.45, 2.75) is 64.7 Å². The fourth-order valence-corrected chi connectivity index (χ4v) is 9.54. The lowest BCUT2D eigenvalue weighted by Crippen LogP contribution is -2.38. The molecule has 56 heavy (non-hydrogen) atoms. The van der Waals surface area contributed by atoms with E-state index in [1.807, 2.05) is 50.2 Å². The Morgan fingerprint density at radius 3 is 1.39 bits per heavy atom. The number of anilines is 2. The van der Waals surface area contributed by atoms with Crippen LogP contribution in [-0.2, 0) is 13.1 Å². The maximum Gasteiger partial charge on any atom is 0.191 e. The first-order valence-corrected chi connectivity index (χ1v) is 20.4. The van der Waals surface area contributed by atoms with Crippen molar-refractivity contribution in [2.75, 3.05) is 36.8 Å². The fraction of sp³-hybridized carbons (Fsp3) is 0.350. The van der Waals surface area contributed by atoms with E-state index in [2.05, 4.69) is 62.2 Å². The van der Waals surface area contributed by atoms with Crippen molar-refractivity contribution in [1.29, 1.82) is 0 Å². The summed E-state index contributed by atoms with van der Waals surface area (Å²) in [5, 5.41) is 9.30. The molecular weight excluding hydrogens is 826 g/mol. The normalized spacial score (nSPS) is 15.2. The Morgan fingerprint density at radius 1 is 0.643 bits per heavy atom. The summed E-state index contributed by atoms with van der Waals surface area (Å²) in [5.74, 6) is 1.77. The van der Waals surface area contributed by atoms with Gasteiger partial charge >= 0.3 is 0 Å². The average molecular weight is 869 g/mol. The van der Waals surface area contributed by atoms with E-state index in [4.69, 9.17) is 36.3 Å². The molecule has 4 aromatic heterocycles. The number of piperidine rings is 2. The molecule has 292 valence electrons. The van der Waals surface area contributed by atoms with Crippen molar-refractivity contribution in [3.05, 3.63) is 115 Å². The number of para-hydroxylation sites is 2. The van der Waals surface area contributed by atoms with Crippen LogP contribution in [0.25, 0.3) is 30.1 Å². The van der Waals surface area contributed by atoms with Gasteiger partial charge in [-0.05, 0) is 61.8 Å². The van der Waals surface area contributed by atoms with Crippen molar-refractivity contribution in [3.63, 3.8) is 0 Å². The number of hydrogen-bond donors (Lipinski definition) is 2. The van der Waals surface area contributed by atoms with Gasteiger partial charge in [0.1, 0.15) is 34.0 Å². The van der Waals surface area contributed by atoms with Crippen LogP contribution in [-0.4, -0.2) is 68.0 Å². The lowest BCUT2D eigenvalue weighted by molar-refractivity contribution is 0.211. The van der Waals surface area contributed by atoms with Gasteiger partial charge in [-0.25, -0.2) is 29.6 Å². The molecule has 2 fully saturated rings. The molecule has 6 aromatic rings. The Morgan fingerprint density at radius 2 is 1.02 bits per heavy atom. The summed E-state index contributed by atoms with van der Waals surface area (Å²) in [6.07, 6.45) is 7.39. The second kappa shape index (κ2) is 20.0. The number of nitrogens with one attached hydrogen (secondary N) is 2. The van der Waals surface area contributed by atoms with E-state index < -0.39 is 0 Å². The number of aromatic nitrogens is 4. The zero-order chi connectivity index (χ0) is 37.6. The van der Waals surface area contributed by atoms with Gasteiger partial charge in [-0.15, -0.1) is 47.5 Å². The van der Waals surface area contributed by atoms with Crippen LogP contribution in [0, 0.1) is 27.0 Å². The predicted molar refractivity (Wildman–Crippen MR) is 238 cm³/mol. The molecule has 8 rings (SSSR count). The topological polar surface area (TPSA) is 90.8 Å². The smallest absolute Gasteiger partial charge is 0.191 e. The number of benzene rings is 2. The van der Waals surface area contributed by atoms with E-state index in [1.54, 1.807) is 12.7 Å². The lowest BCUT2D eigenvalue weighted by Gasteiger charge is -2.33. The van der Waals surface area contributed by atoms with Crippen LogP contribution in [0.15, 0.2) is 61.2 Å².